The van der Waals surface area contributed by atoms with Crippen molar-refractivity contribution in [2.24, 2.45) is 0 Å². The van der Waals surface area contributed by atoms with Crippen molar-refractivity contribution < 1.29 is 14.4 Å². The van der Waals surface area contributed by atoms with E-state index in [-0.39, 0.29) is 29.5 Å². The molecule has 0 fully saturated rings. The molecular weight excluding hydrogens is 370 g/mol. The van der Waals surface area contributed by atoms with Gasteiger partial charge in [0.05, 0.1) is 30.1 Å². The van der Waals surface area contributed by atoms with Crippen LogP contribution >= 0.6 is 0 Å². The molecule has 1 atom stereocenters. The molecule has 3 rings (SSSR count). The van der Waals surface area contributed by atoms with Crippen LogP contribution in [0.15, 0.2) is 36.7 Å². The minimum atomic E-state index is -0.903. The molecule has 1 aliphatic heterocycles. The number of hydrogen-bond donors (Lipinski definition) is 1. The molecule has 2 aromatic rings. The Balaban J connectivity index is 2.17. The SMILES string of the molecule is Cc1ccc(N2C(=O)c3cnncc3C(=O)N(C)CC2C(=O)NC(C)(C)C)cc1. The molecule has 8 heteroatoms. The molecular formula is C21H25N5O3. The summed E-state index contributed by atoms with van der Waals surface area (Å²) >= 11 is 0. The third-order valence-corrected chi connectivity index (χ3v) is 4.63. The quantitative estimate of drug-likeness (QED) is 0.837. The number of hydrogen-bond acceptors (Lipinski definition) is 5. The van der Waals surface area contributed by atoms with Crippen LogP contribution in [0.1, 0.15) is 47.1 Å². The van der Waals surface area contributed by atoms with Gasteiger partial charge in [0.15, 0.2) is 0 Å². The van der Waals surface area contributed by atoms with E-state index in [1.807, 2.05) is 39.8 Å². The van der Waals surface area contributed by atoms with Crippen molar-refractivity contribution in [2.45, 2.75) is 39.3 Å². The number of amides is 3. The number of fused-ring (bicyclic) bond motifs is 1. The van der Waals surface area contributed by atoms with Gasteiger partial charge in [-0.1, -0.05) is 17.7 Å². The highest BCUT2D eigenvalue weighted by molar-refractivity contribution is 6.16. The Morgan fingerprint density at radius 1 is 1.03 bits per heavy atom. The predicted octanol–water partition coefficient (Wildman–Crippen LogP) is 1.80. The minimum Gasteiger partial charge on any atom is -0.350 e. The number of nitrogens with one attached hydrogen (secondary N) is 1. The third-order valence-electron chi connectivity index (χ3n) is 4.63. The highest BCUT2D eigenvalue weighted by Gasteiger charge is 2.39. The second-order valence-electron chi connectivity index (χ2n) is 8.27. The van der Waals surface area contributed by atoms with Crippen LogP contribution in [0.5, 0.6) is 0 Å². The monoisotopic (exact) mass is 395 g/mol. The van der Waals surface area contributed by atoms with Crippen LogP contribution in [-0.4, -0.2) is 58.0 Å². The van der Waals surface area contributed by atoms with Crippen LogP contribution in [0.3, 0.4) is 0 Å². The Morgan fingerprint density at radius 2 is 1.59 bits per heavy atom. The van der Waals surface area contributed by atoms with Crippen molar-refractivity contribution in [3.63, 3.8) is 0 Å². The van der Waals surface area contributed by atoms with Crippen molar-refractivity contribution in [2.75, 3.05) is 18.5 Å². The van der Waals surface area contributed by atoms with Crippen LogP contribution in [-0.2, 0) is 4.79 Å². The molecule has 0 bridgehead atoms. The number of carbonyl (C=O) groups is 3. The zero-order valence-corrected chi connectivity index (χ0v) is 17.3. The number of benzene rings is 1. The number of anilines is 1. The Kier molecular flexibility index (Phi) is 5.37. The van der Waals surface area contributed by atoms with Crippen LogP contribution < -0.4 is 10.2 Å². The Morgan fingerprint density at radius 3 is 2.14 bits per heavy atom. The molecule has 0 aliphatic carbocycles. The maximum atomic E-state index is 13.5. The van der Waals surface area contributed by atoms with Crippen LogP contribution in [0.4, 0.5) is 5.69 Å². The lowest BCUT2D eigenvalue weighted by molar-refractivity contribution is -0.124. The fraction of sp³-hybridized carbons (Fsp3) is 0.381. The van der Waals surface area contributed by atoms with E-state index in [4.69, 9.17) is 0 Å². The fourth-order valence-electron chi connectivity index (χ4n) is 3.22. The Labute approximate surface area is 169 Å². The molecule has 8 nitrogen and oxygen atoms in total. The molecule has 1 aliphatic rings. The minimum absolute atomic E-state index is 0.0438. The summed E-state index contributed by atoms with van der Waals surface area (Å²) in [4.78, 5) is 42.4. The molecule has 0 saturated carbocycles. The molecule has 0 spiro atoms. The van der Waals surface area contributed by atoms with Crippen molar-refractivity contribution in [1.29, 1.82) is 0 Å². The van der Waals surface area contributed by atoms with E-state index in [0.717, 1.165) is 5.56 Å². The third kappa shape index (κ3) is 4.26. The summed E-state index contributed by atoms with van der Waals surface area (Å²) in [5.74, 6) is -1.17. The van der Waals surface area contributed by atoms with E-state index in [0.29, 0.717) is 5.69 Å². The maximum absolute atomic E-state index is 13.5. The average molecular weight is 395 g/mol. The highest BCUT2D eigenvalue weighted by Crippen LogP contribution is 2.25. The zero-order chi connectivity index (χ0) is 21.3. The average Bonchev–Trinajstić information content (AvgIpc) is 2.66. The molecule has 1 aromatic heterocycles. The van der Waals surface area contributed by atoms with Crippen LogP contribution in [0.2, 0.25) is 0 Å². The van der Waals surface area contributed by atoms with Crippen molar-refractivity contribution in [3.05, 3.63) is 53.3 Å². The second-order valence-corrected chi connectivity index (χ2v) is 8.27. The van der Waals surface area contributed by atoms with E-state index in [1.165, 1.54) is 22.2 Å². The topological polar surface area (TPSA) is 95.5 Å². The first-order chi connectivity index (χ1) is 13.6. The first-order valence-electron chi connectivity index (χ1n) is 9.37. The molecule has 1 aromatic carbocycles. The lowest BCUT2D eigenvalue weighted by atomic mass is 10.0. The molecule has 3 amide bonds. The number of aryl methyl sites for hydroxylation is 1. The molecule has 1 N–H and O–H groups in total. The Hall–Kier alpha value is -3.29. The molecule has 0 saturated heterocycles. The fourth-order valence-corrected chi connectivity index (χ4v) is 3.22. The first-order valence-corrected chi connectivity index (χ1v) is 9.37. The molecule has 0 radical (unpaired) electrons. The van der Waals surface area contributed by atoms with Gasteiger partial charge in [0.2, 0.25) is 5.91 Å². The molecule has 152 valence electrons. The number of nitrogens with zero attached hydrogens (tertiary/aromatic N) is 4. The highest BCUT2D eigenvalue weighted by atomic mass is 16.2. The van der Waals surface area contributed by atoms with Gasteiger partial charge in [-0.3, -0.25) is 19.3 Å². The van der Waals surface area contributed by atoms with Gasteiger partial charge in [0, 0.05) is 18.3 Å². The lowest BCUT2D eigenvalue weighted by Gasteiger charge is -2.37. The van der Waals surface area contributed by atoms with Gasteiger partial charge >= 0.3 is 0 Å². The van der Waals surface area contributed by atoms with E-state index in [9.17, 15) is 14.4 Å². The number of likely N-dealkylation sites (N-methyl/N-ethyl adjacent to an activating group) is 1. The summed E-state index contributed by atoms with van der Waals surface area (Å²) in [5, 5.41) is 10.5. The summed E-state index contributed by atoms with van der Waals surface area (Å²) in [5.41, 5.74) is 1.39. The summed E-state index contributed by atoms with van der Waals surface area (Å²) in [6.45, 7) is 7.59. The standard InChI is InChI=1S/C21H25N5O3/c1-13-6-8-14(9-7-13)26-17(18(27)24-21(2,3)4)12-25(5)19(28)15-10-22-23-11-16(15)20(26)29/h6-11,17H,12H2,1-5H3,(H,24,27). The predicted molar refractivity (Wildman–Crippen MR) is 109 cm³/mol. The largest absolute Gasteiger partial charge is 0.350 e. The van der Waals surface area contributed by atoms with E-state index in [2.05, 4.69) is 15.5 Å². The summed E-state index contributed by atoms with van der Waals surface area (Å²) in [7, 11) is 1.60. The van der Waals surface area contributed by atoms with Gasteiger partial charge < -0.3 is 10.2 Å². The van der Waals surface area contributed by atoms with Crippen molar-refractivity contribution >= 4 is 23.4 Å². The van der Waals surface area contributed by atoms with Gasteiger partial charge in [-0.05, 0) is 39.8 Å². The number of rotatable bonds is 2. The van der Waals surface area contributed by atoms with Gasteiger partial charge in [-0.15, -0.1) is 0 Å². The molecule has 1 unspecified atom stereocenters. The first kappa shape index (κ1) is 20.4. The van der Waals surface area contributed by atoms with Gasteiger partial charge in [-0.2, -0.15) is 10.2 Å². The van der Waals surface area contributed by atoms with Crippen LogP contribution in [0, 0.1) is 6.92 Å². The van der Waals surface area contributed by atoms with E-state index in [1.54, 1.807) is 19.2 Å². The van der Waals surface area contributed by atoms with Gasteiger partial charge in [0.25, 0.3) is 11.8 Å². The van der Waals surface area contributed by atoms with Crippen molar-refractivity contribution in [1.82, 2.24) is 20.4 Å². The number of aromatic nitrogens is 2. The van der Waals surface area contributed by atoms with Crippen molar-refractivity contribution in [3.8, 4) is 0 Å². The molecule has 2 heterocycles. The van der Waals surface area contributed by atoms with Crippen LogP contribution in [0.25, 0.3) is 0 Å². The number of carbonyl (C=O) groups excluding carboxylic acids is 3. The van der Waals surface area contributed by atoms with E-state index < -0.39 is 17.5 Å². The maximum Gasteiger partial charge on any atom is 0.261 e. The van der Waals surface area contributed by atoms with Gasteiger partial charge in [-0.25, -0.2) is 0 Å². The molecule has 29 heavy (non-hydrogen) atoms. The summed E-state index contributed by atoms with van der Waals surface area (Å²) < 4.78 is 0. The second kappa shape index (κ2) is 7.62. The van der Waals surface area contributed by atoms with E-state index >= 15 is 0 Å². The van der Waals surface area contributed by atoms with Gasteiger partial charge in [0.1, 0.15) is 6.04 Å². The summed E-state index contributed by atoms with van der Waals surface area (Å²) in [6, 6.07) is 6.44. The normalized spacial score (nSPS) is 17.5. The summed E-state index contributed by atoms with van der Waals surface area (Å²) in [6.07, 6.45) is 2.56. The Bertz CT molecular complexity index is 950. The zero-order valence-electron chi connectivity index (χ0n) is 17.3. The lowest BCUT2D eigenvalue weighted by Crippen LogP contribution is -2.59. The smallest absolute Gasteiger partial charge is 0.261 e.